The Morgan fingerprint density at radius 1 is 1.21 bits per heavy atom. The van der Waals surface area contributed by atoms with Crippen LogP contribution < -0.4 is 5.32 Å². The molecule has 108 valence electrons. The van der Waals surface area contributed by atoms with Crippen LogP contribution in [0, 0.1) is 11.8 Å². The topological polar surface area (TPSA) is 69.6 Å². The van der Waals surface area contributed by atoms with Gasteiger partial charge in [-0.2, -0.15) is 0 Å². The normalized spacial score (nSPS) is 31.3. The summed E-state index contributed by atoms with van der Waals surface area (Å²) < 4.78 is 0. The lowest BCUT2D eigenvalue weighted by molar-refractivity contribution is -0.136. The van der Waals surface area contributed by atoms with Gasteiger partial charge in [-0.05, 0) is 38.0 Å². The second-order valence-corrected chi connectivity index (χ2v) is 5.82. The molecule has 0 aromatic heterocycles. The highest BCUT2D eigenvalue weighted by atomic mass is 16.3. The van der Waals surface area contributed by atoms with Gasteiger partial charge >= 0.3 is 0 Å². The van der Waals surface area contributed by atoms with Gasteiger partial charge in [0, 0.05) is 32.5 Å². The molecule has 1 aliphatic carbocycles. The second-order valence-electron chi connectivity index (χ2n) is 5.82. The highest BCUT2D eigenvalue weighted by Crippen LogP contribution is 2.28. The van der Waals surface area contributed by atoms with Gasteiger partial charge in [0.15, 0.2) is 0 Å². The van der Waals surface area contributed by atoms with Gasteiger partial charge in [0.2, 0.25) is 11.8 Å². The van der Waals surface area contributed by atoms with Crippen molar-refractivity contribution in [2.24, 2.45) is 11.8 Å². The van der Waals surface area contributed by atoms with E-state index in [1.54, 1.807) is 7.05 Å². The molecule has 1 aliphatic heterocycles. The number of aliphatic hydroxyl groups is 1. The number of carbonyl (C=O) groups excluding carboxylic acids is 2. The van der Waals surface area contributed by atoms with Crippen molar-refractivity contribution in [3.63, 3.8) is 0 Å². The van der Waals surface area contributed by atoms with Crippen LogP contribution in [0.5, 0.6) is 0 Å². The van der Waals surface area contributed by atoms with Crippen LogP contribution in [-0.4, -0.2) is 48.1 Å². The fourth-order valence-corrected chi connectivity index (χ4v) is 3.14. The highest BCUT2D eigenvalue weighted by molar-refractivity contribution is 5.79. The number of nitrogens with zero attached hydrogens (tertiary/aromatic N) is 1. The summed E-state index contributed by atoms with van der Waals surface area (Å²) in [4.78, 5) is 25.6. The maximum Gasteiger partial charge on any atom is 0.225 e. The lowest BCUT2D eigenvalue weighted by Gasteiger charge is -2.28. The number of hydrogen-bond donors (Lipinski definition) is 2. The Morgan fingerprint density at radius 2 is 1.89 bits per heavy atom. The molecule has 1 unspecified atom stereocenters. The molecule has 0 radical (unpaired) electrons. The molecule has 1 saturated heterocycles. The van der Waals surface area contributed by atoms with Crippen molar-refractivity contribution >= 4 is 11.8 Å². The van der Waals surface area contributed by atoms with Gasteiger partial charge in [-0.3, -0.25) is 9.59 Å². The van der Waals surface area contributed by atoms with E-state index < -0.39 is 0 Å². The number of amides is 2. The van der Waals surface area contributed by atoms with Crippen molar-refractivity contribution in [3.8, 4) is 0 Å². The molecule has 2 rings (SSSR count). The first-order valence-corrected chi connectivity index (χ1v) is 7.27. The third kappa shape index (κ3) is 3.69. The van der Waals surface area contributed by atoms with Gasteiger partial charge in [-0.25, -0.2) is 0 Å². The average molecular weight is 268 g/mol. The first kappa shape index (κ1) is 14.3. The molecule has 0 aromatic carbocycles. The molecule has 5 nitrogen and oxygen atoms in total. The van der Waals surface area contributed by atoms with E-state index in [2.05, 4.69) is 5.32 Å². The summed E-state index contributed by atoms with van der Waals surface area (Å²) in [6, 6.07) is 0. The molecule has 1 heterocycles. The number of likely N-dealkylation sites (tertiary alicyclic amines) is 1. The van der Waals surface area contributed by atoms with Crippen molar-refractivity contribution in [1.29, 1.82) is 0 Å². The van der Waals surface area contributed by atoms with Gasteiger partial charge in [-0.1, -0.05) is 0 Å². The molecule has 1 atom stereocenters. The smallest absolute Gasteiger partial charge is 0.225 e. The lowest BCUT2D eigenvalue weighted by atomic mass is 9.86. The fourth-order valence-electron chi connectivity index (χ4n) is 3.14. The van der Waals surface area contributed by atoms with Crippen LogP contribution >= 0.6 is 0 Å². The van der Waals surface area contributed by atoms with E-state index in [0.29, 0.717) is 18.9 Å². The third-order valence-corrected chi connectivity index (χ3v) is 4.40. The SMILES string of the molecule is CNC(=O)CC1CCN(C(=O)C2CCC(O)CC2)C1. The zero-order valence-electron chi connectivity index (χ0n) is 11.6. The van der Waals surface area contributed by atoms with Crippen LogP contribution in [0.3, 0.4) is 0 Å². The van der Waals surface area contributed by atoms with Crippen molar-refractivity contribution in [2.45, 2.75) is 44.6 Å². The Morgan fingerprint density at radius 3 is 2.53 bits per heavy atom. The molecule has 19 heavy (non-hydrogen) atoms. The van der Waals surface area contributed by atoms with Crippen LogP contribution in [0.4, 0.5) is 0 Å². The molecule has 5 heteroatoms. The Balaban J connectivity index is 1.80. The molecule has 0 spiro atoms. The van der Waals surface area contributed by atoms with Crippen molar-refractivity contribution in [1.82, 2.24) is 10.2 Å². The first-order valence-electron chi connectivity index (χ1n) is 7.27. The summed E-state index contributed by atoms with van der Waals surface area (Å²) in [5.74, 6) is 0.673. The second kappa shape index (κ2) is 6.37. The summed E-state index contributed by atoms with van der Waals surface area (Å²) >= 11 is 0. The fraction of sp³-hybridized carbons (Fsp3) is 0.857. The minimum atomic E-state index is -0.219. The van der Waals surface area contributed by atoms with Gasteiger partial charge in [-0.15, -0.1) is 0 Å². The molecule has 2 amide bonds. The zero-order valence-corrected chi connectivity index (χ0v) is 11.6. The summed E-state index contributed by atoms with van der Waals surface area (Å²) in [7, 11) is 1.65. The maximum absolute atomic E-state index is 12.4. The number of aliphatic hydroxyl groups excluding tert-OH is 1. The molecular weight excluding hydrogens is 244 g/mol. The quantitative estimate of drug-likeness (QED) is 0.784. The number of rotatable bonds is 3. The van der Waals surface area contributed by atoms with Crippen LogP contribution in [0.1, 0.15) is 38.5 Å². The molecule has 0 aromatic rings. The Bertz CT molecular complexity index is 338. The number of hydrogen-bond acceptors (Lipinski definition) is 3. The van der Waals surface area contributed by atoms with Crippen LogP contribution in [0.2, 0.25) is 0 Å². The first-order chi connectivity index (χ1) is 9.10. The summed E-state index contributed by atoms with van der Waals surface area (Å²) in [6.07, 6.45) is 4.31. The lowest BCUT2D eigenvalue weighted by Crippen LogP contribution is -2.37. The minimum Gasteiger partial charge on any atom is -0.393 e. The predicted molar refractivity (Wildman–Crippen MR) is 71.3 cm³/mol. The van der Waals surface area contributed by atoms with Crippen LogP contribution in [-0.2, 0) is 9.59 Å². The average Bonchev–Trinajstić information content (AvgIpc) is 2.87. The Kier molecular flexibility index (Phi) is 4.80. The van der Waals surface area contributed by atoms with Crippen molar-refractivity contribution in [3.05, 3.63) is 0 Å². The van der Waals surface area contributed by atoms with Gasteiger partial charge in [0.1, 0.15) is 0 Å². The summed E-state index contributed by atoms with van der Waals surface area (Å²) in [6.45, 7) is 1.49. The van der Waals surface area contributed by atoms with Gasteiger partial charge < -0.3 is 15.3 Å². The van der Waals surface area contributed by atoms with E-state index in [1.807, 2.05) is 4.90 Å². The minimum absolute atomic E-state index is 0.0556. The van der Waals surface area contributed by atoms with Crippen molar-refractivity contribution < 1.29 is 14.7 Å². The van der Waals surface area contributed by atoms with Gasteiger partial charge in [0.25, 0.3) is 0 Å². The highest BCUT2D eigenvalue weighted by Gasteiger charge is 2.33. The molecule has 2 fully saturated rings. The monoisotopic (exact) mass is 268 g/mol. The van der Waals surface area contributed by atoms with Gasteiger partial charge in [0.05, 0.1) is 6.10 Å². The largest absolute Gasteiger partial charge is 0.393 e. The zero-order chi connectivity index (χ0) is 13.8. The molecule has 0 bridgehead atoms. The molecule has 2 aliphatic rings. The van der Waals surface area contributed by atoms with E-state index in [-0.39, 0.29) is 23.8 Å². The predicted octanol–water partition coefficient (Wildman–Crippen LogP) is 0.522. The van der Waals surface area contributed by atoms with Crippen molar-refractivity contribution in [2.75, 3.05) is 20.1 Å². The van der Waals surface area contributed by atoms with E-state index in [4.69, 9.17) is 0 Å². The van der Waals surface area contributed by atoms with E-state index in [0.717, 1.165) is 38.6 Å². The standard InChI is InChI=1S/C14H24N2O3/c1-15-13(18)8-10-6-7-16(9-10)14(19)11-2-4-12(17)5-3-11/h10-12,17H,2-9H2,1H3,(H,15,18). The number of carbonyl (C=O) groups is 2. The summed E-state index contributed by atoms with van der Waals surface area (Å²) in [5.41, 5.74) is 0. The van der Waals surface area contributed by atoms with E-state index >= 15 is 0 Å². The summed E-state index contributed by atoms with van der Waals surface area (Å²) in [5, 5.41) is 12.1. The van der Waals surface area contributed by atoms with Crippen LogP contribution in [0.15, 0.2) is 0 Å². The van der Waals surface area contributed by atoms with Crippen LogP contribution in [0.25, 0.3) is 0 Å². The Hall–Kier alpha value is -1.10. The van der Waals surface area contributed by atoms with E-state index in [9.17, 15) is 14.7 Å². The molecule has 1 saturated carbocycles. The van der Waals surface area contributed by atoms with E-state index in [1.165, 1.54) is 0 Å². The third-order valence-electron chi connectivity index (χ3n) is 4.40. The molecule has 2 N–H and O–H groups in total. The number of nitrogens with one attached hydrogen (secondary N) is 1. The Labute approximate surface area is 114 Å². The maximum atomic E-state index is 12.4. The molecular formula is C14H24N2O3.